The average molecular weight is 209 g/mol. The van der Waals surface area contributed by atoms with Gasteiger partial charge in [0.1, 0.15) is 5.75 Å². The van der Waals surface area contributed by atoms with Crippen molar-refractivity contribution in [3.05, 3.63) is 65.7 Å². The van der Waals surface area contributed by atoms with Gasteiger partial charge in [-0.05, 0) is 23.3 Å². The molecular weight excluding hydrogens is 196 g/mol. The summed E-state index contributed by atoms with van der Waals surface area (Å²) in [5.74, 6) is 0.761. The lowest BCUT2D eigenvalue weighted by molar-refractivity contribution is 0.414. The second-order valence-electron chi connectivity index (χ2n) is 3.43. The molecule has 0 saturated heterocycles. The van der Waals surface area contributed by atoms with Crippen LogP contribution in [0.3, 0.4) is 0 Å². The van der Waals surface area contributed by atoms with E-state index < -0.39 is 0 Å². The fourth-order valence-electron chi connectivity index (χ4n) is 1.41. The highest BCUT2D eigenvalue weighted by Gasteiger charge is 1.90. The van der Waals surface area contributed by atoms with Crippen molar-refractivity contribution in [1.29, 1.82) is 0 Å². The average Bonchev–Trinajstić information content (AvgIpc) is 2.38. The zero-order chi connectivity index (χ0) is 11.2. The molecule has 16 heavy (non-hydrogen) atoms. The van der Waals surface area contributed by atoms with Gasteiger partial charge in [-0.15, -0.1) is 0 Å². The third kappa shape index (κ3) is 2.74. The largest absolute Gasteiger partial charge is 0.496 e. The maximum atomic E-state index is 5.05. The Morgan fingerprint density at radius 1 is 0.938 bits per heavy atom. The van der Waals surface area contributed by atoms with E-state index in [1.54, 1.807) is 7.11 Å². The van der Waals surface area contributed by atoms with Crippen molar-refractivity contribution in [1.82, 2.24) is 0 Å². The molecule has 0 aliphatic rings. The molecule has 0 heterocycles. The van der Waals surface area contributed by atoms with E-state index in [1.807, 2.05) is 36.4 Å². The van der Waals surface area contributed by atoms with Crippen LogP contribution >= 0.6 is 0 Å². The Kier molecular flexibility index (Phi) is 3.39. The topological polar surface area (TPSA) is 9.23 Å². The standard InChI is InChI=1S/C15H13O/c1-16-15-11-9-14(10-12-15)8-7-13-5-3-2-4-6-13/h2-11H,1H3/b8-7+. The predicted octanol–water partition coefficient (Wildman–Crippen LogP) is 3.67. The maximum absolute atomic E-state index is 5.05. The van der Waals surface area contributed by atoms with E-state index in [4.69, 9.17) is 4.74 Å². The number of ether oxygens (including phenoxy) is 1. The summed E-state index contributed by atoms with van der Waals surface area (Å²) in [5.41, 5.74) is 2.31. The van der Waals surface area contributed by atoms with Gasteiger partial charge in [0.05, 0.1) is 7.11 Å². The SMILES string of the molecule is COc1[c]cc(/C=C/c2ccccc2)cc1. The van der Waals surface area contributed by atoms with E-state index in [0.29, 0.717) is 0 Å². The molecule has 1 nitrogen and oxygen atoms in total. The molecule has 0 bridgehead atoms. The van der Waals surface area contributed by atoms with Gasteiger partial charge in [-0.25, -0.2) is 0 Å². The van der Waals surface area contributed by atoms with Crippen molar-refractivity contribution in [2.45, 2.75) is 0 Å². The van der Waals surface area contributed by atoms with Gasteiger partial charge in [0.25, 0.3) is 0 Å². The molecule has 0 atom stereocenters. The summed E-state index contributed by atoms with van der Waals surface area (Å²) < 4.78 is 5.05. The molecule has 1 heteroatoms. The zero-order valence-electron chi connectivity index (χ0n) is 9.18. The molecule has 0 saturated carbocycles. The summed E-state index contributed by atoms with van der Waals surface area (Å²) in [6.45, 7) is 0. The van der Waals surface area contributed by atoms with Gasteiger partial charge in [0, 0.05) is 6.07 Å². The highest BCUT2D eigenvalue weighted by Crippen LogP contribution is 2.13. The number of hydrogen-bond donors (Lipinski definition) is 0. The molecule has 0 aromatic heterocycles. The van der Waals surface area contributed by atoms with Crippen LogP contribution < -0.4 is 4.74 Å². The van der Waals surface area contributed by atoms with Crippen molar-refractivity contribution in [2.24, 2.45) is 0 Å². The van der Waals surface area contributed by atoms with Crippen molar-refractivity contribution in [2.75, 3.05) is 7.11 Å². The van der Waals surface area contributed by atoms with E-state index in [-0.39, 0.29) is 0 Å². The van der Waals surface area contributed by atoms with Gasteiger partial charge in [-0.3, -0.25) is 0 Å². The number of rotatable bonds is 3. The van der Waals surface area contributed by atoms with Gasteiger partial charge in [0.2, 0.25) is 0 Å². The second-order valence-corrected chi connectivity index (χ2v) is 3.43. The number of hydrogen-bond acceptors (Lipinski definition) is 1. The fourth-order valence-corrected chi connectivity index (χ4v) is 1.41. The molecular formula is C15H13O. The lowest BCUT2D eigenvalue weighted by atomic mass is 10.1. The van der Waals surface area contributed by atoms with E-state index >= 15 is 0 Å². The number of benzene rings is 2. The summed E-state index contributed by atoms with van der Waals surface area (Å²) in [5, 5.41) is 0. The minimum absolute atomic E-state index is 0.761. The molecule has 2 aromatic rings. The van der Waals surface area contributed by atoms with Crippen LogP contribution in [0.25, 0.3) is 12.2 Å². The summed E-state index contributed by atoms with van der Waals surface area (Å²) in [6, 6.07) is 19.1. The van der Waals surface area contributed by atoms with Crippen molar-refractivity contribution < 1.29 is 4.74 Å². The van der Waals surface area contributed by atoms with Gasteiger partial charge in [-0.2, -0.15) is 0 Å². The molecule has 0 aliphatic carbocycles. The van der Waals surface area contributed by atoms with Crippen LogP contribution in [-0.4, -0.2) is 7.11 Å². The first-order valence-electron chi connectivity index (χ1n) is 5.17. The summed E-state index contributed by atoms with van der Waals surface area (Å²) >= 11 is 0. The van der Waals surface area contributed by atoms with Gasteiger partial charge < -0.3 is 4.74 Å². The Morgan fingerprint density at radius 3 is 2.31 bits per heavy atom. The third-order valence-electron chi connectivity index (χ3n) is 2.30. The highest BCUT2D eigenvalue weighted by molar-refractivity contribution is 5.69. The summed E-state index contributed by atoms with van der Waals surface area (Å²) in [7, 11) is 1.64. The lowest BCUT2D eigenvalue weighted by Gasteiger charge is -1.98. The maximum Gasteiger partial charge on any atom is 0.126 e. The van der Waals surface area contributed by atoms with E-state index in [2.05, 4.69) is 30.4 Å². The minimum Gasteiger partial charge on any atom is -0.496 e. The molecule has 2 aromatic carbocycles. The van der Waals surface area contributed by atoms with E-state index in [0.717, 1.165) is 11.3 Å². The van der Waals surface area contributed by atoms with E-state index in [9.17, 15) is 0 Å². The van der Waals surface area contributed by atoms with E-state index in [1.165, 1.54) is 5.56 Å². The Hall–Kier alpha value is -2.02. The van der Waals surface area contributed by atoms with Gasteiger partial charge in [-0.1, -0.05) is 48.6 Å². The zero-order valence-corrected chi connectivity index (χ0v) is 9.18. The van der Waals surface area contributed by atoms with Crippen LogP contribution in [-0.2, 0) is 0 Å². The molecule has 2 rings (SSSR count). The van der Waals surface area contributed by atoms with Gasteiger partial charge >= 0.3 is 0 Å². The summed E-state index contributed by atoms with van der Waals surface area (Å²) in [4.78, 5) is 0. The molecule has 0 fully saturated rings. The fraction of sp³-hybridized carbons (Fsp3) is 0.0667. The molecule has 0 amide bonds. The highest BCUT2D eigenvalue weighted by atomic mass is 16.5. The van der Waals surface area contributed by atoms with Crippen LogP contribution in [0.4, 0.5) is 0 Å². The van der Waals surface area contributed by atoms with Gasteiger partial charge in [0.15, 0.2) is 0 Å². The first-order valence-corrected chi connectivity index (χ1v) is 5.17. The Balaban J connectivity index is 2.12. The monoisotopic (exact) mass is 209 g/mol. The van der Waals surface area contributed by atoms with Crippen LogP contribution in [0.2, 0.25) is 0 Å². The molecule has 0 N–H and O–H groups in total. The summed E-state index contributed by atoms with van der Waals surface area (Å²) in [6.07, 6.45) is 4.14. The lowest BCUT2D eigenvalue weighted by Crippen LogP contribution is -1.81. The minimum atomic E-state index is 0.761. The Bertz CT molecular complexity index is 455. The number of methoxy groups -OCH3 is 1. The first kappa shape index (κ1) is 10.5. The molecule has 0 unspecified atom stereocenters. The Labute approximate surface area is 96.0 Å². The third-order valence-corrected chi connectivity index (χ3v) is 2.30. The molecule has 0 aliphatic heterocycles. The van der Waals surface area contributed by atoms with Crippen LogP contribution in [0.1, 0.15) is 11.1 Å². The molecule has 79 valence electrons. The Morgan fingerprint density at radius 2 is 1.69 bits per heavy atom. The smallest absolute Gasteiger partial charge is 0.126 e. The first-order chi connectivity index (χ1) is 7.88. The van der Waals surface area contributed by atoms with Crippen LogP contribution in [0.15, 0.2) is 48.5 Å². The van der Waals surface area contributed by atoms with Crippen molar-refractivity contribution in [3.8, 4) is 5.75 Å². The van der Waals surface area contributed by atoms with Crippen molar-refractivity contribution >= 4 is 12.2 Å². The quantitative estimate of drug-likeness (QED) is 0.701. The second kappa shape index (κ2) is 5.17. The van der Waals surface area contributed by atoms with Crippen LogP contribution in [0, 0.1) is 6.07 Å². The molecule has 1 radical (unpaired) electrons. The molecule has 0 spiro atoms. The predicted molar refractivity (Wildman–Crippen MR) is 67.2 cm³/mol. The normalized spacial score (nSPS) is 10.6. The van der Waals surface area contributed by atoms with Crippen LogP contribution in [0.5, 0.6) is 5.75 Å². The van der Waals surface area contributed by atoms with Crippen molar-refractivity contribution in [3.63, 3.8) is 0 Å².